The van der Waals surface area contributed by atoms with Crippen molar-refractivity contribution in [1.82, 2.24) is 0 Å². The highest BCUT2D eigenvalue weighted by Gasteiger charge is 2.59. The maximum atomic E-state index is 12.3. The highest BCUT2D eigenvalue weighted by molar-refractivity contribution is 6.30. The number of halogens is 1. The van der Waals surface area contributed by atoms with Gasteiger partial charge in [-0.05, 0) is 78.6 Å². The Hall–Kier alpha value is -0.630. The molecule has 132 valence electrons. The number of hydrogen-bond acceptors (Lipinski definition) is 2. The highest BCUT2D eigenvalue weighted by Crippen LogP contribution is 2.66. The van der Waals surface area contributed by atoms with Crippen LogP contribution in [0, 0.1) is 34.5 Å². The summed E-state index contributed by atoms with van der Waals surface area (Å²) in [6.45, 7) is 4.78. The van der Waals surface area contributed by atoms with Gasteiger partial charge < -0.3 is 0 Å². The summed E-state index contributed by atoms with van der Waals surface area (Å²) in [5, 5.41) is 0. The highest BCUT2D eigenvalue weighted by atomic mass is 35.5. The Morgan fingerprint density at radius 2 is 2.00 bits per heavy atom. The van der Waals surface area contributed by atoms with E-state index in [1.54, 1.807) is 0 Å². The second kappa shape index (κ2) is 5.69. The molecule has 0 aliphatic heterocycles. The van der Waals surface area contributed by atoms with Crippen molar-refractivity contribution in [1.29, 1.82) is 0 Å². The maximum Gasteiger partial charge on any atom is 0.173 e. The zero-order valence-electron chi connectivity index (χ0n) is 14.9. The van der Waals surface area contributed by atoms with Gasteiger partial charge in [0.15, 0.2) is 5.78 Å². The normalized spacial score (nSPS) is 47.5. The molecule has 0 aromatic carbocycles. The Labute approximate surface area is 150 Å². The van der Waals surface area contributed by atoms with Crippen LogP contribution in [0.3, 0.4) is 0 Å². The van der Waals surface area contributed by atoms with Gasteiger partial charge in [-0.3, -0.25) is 9.59 Å². The van der Waals surface area contributed by atoms with Gasteiger partial charge in [0, 0.05) is 12.8 Å². The molecule has 1 unspecified atom stereocenters. The van der Waals surface area contributed by atoms with Gasteiger partial charge in [0.25, 0.3) is 0 Å². The van der Waals surface area contributed by atoms with Gasteiger partial charge in [-0.25, -0.2) is 0 Å². The molecule has 6 atom stereocenters. The lowest BCUT2D eigenvalue weighted by molar-refractivity contribution is -0.137. The number of Topliss-reactive ketones (excluding diaryl/α,β-unsaturated/α-hetero) is 2. The summed E-state index contributed by atoms with van der Waals surface area (Å²) in [5.41, 5.74) is 1.41. The zero-order valence-corrected chi connectivity index (χ0v) is 15.7. The zero-order chi connectivity index (χ0) is 17.1. The number of carbonyl (C=O) groups excluding carboxylic acids is 2. The molecular weight excluding hydrogens is 320 g/mol. The lowest BCUT2D eigenvalue weighted by Gasteiger charge is -2.60. The van der Waals surface area contributed by atoms with Crippen LogP contribution in [0.4, 0.5) is 0 Å². The Morgan fingerprint density at radius 3 is 2.75 bits per heavy atom. The third kappa shape index (κ3) is 2.21. The minimum atomic E-state index is 0.0425. The predicted molar refractivity (Wildman–Crippen MR) is 95.9 cm³/mol. The quantitative estimate of drug-likeness (QED) is 0.662. The van der Waals surface area contributed by atoms with E-state index in [9.17, 15) is 9.59 Å². The largest absolute Gasteiger partial charge is 0.300 e. The molecule has 0 aromatic rings. The number of fused-ring (bicyclic) bond motifs is 5. The van der Waals surface area contributed by atoms with Gasteiger partial charge in [0.2, 0.25) is 0 Å². The topological polar surface area (TPSA) is 34.1 Å². The van der Waals surface area contributed by atoms with Crippen molar-refractivity contribution in [3.63, 3.8) is 0 Å². The number of alkyl halides is 1. The van der Waals surface area contributed by atoms with Gasteiger partial charge in [-0.2, -0.15) is 0 Å². The van der Waals surface area contributed by atoms with Gasteiger partial charge in [-0.15, -0.1) is 11.6 Å². The van der Waals surface area contributed by atoms with Crippen LogP contribution < -0.4 is 0 Å². The molecule has 0 N–H and O–H groups in total. The van der Waals surface area contributed by atoms with Crippen molar-refractivity contribution in [2.75, 3.05) is 5.88 Å². The molecule has 24 heavy (non-hydrogen) atoms. The molecule has 0 aromatic heterocycles. The second-order valence-electron chi connectivity index (χ2n) is 9.27. The van der Waals surface area contributed by atoms with E-state index in [1.807, 2.05) is 0 Å². The fourth-order valence-electron chi connectivity index (χ4n) is 7.12. The average molecular weight is 349 g/mol. The van der Waals surface area contributed by atoms with Crippen molar-refractivity contribution < 1.29 is 9.59 Å². The molecule has 0 bridgehead atoms. The molecule has 0 saturated heterocycles. The Bertz CT molecular complexity index is 609. The van der Waals surface area contributed by atoms with Crippen LogP contribution in [0.25, 0.3) is 0 Å². The molecule has 3 fully saturated rings. The molecule has 0 heterocycles. The number of carbonyl (C=O) groups is 2. The molecule has 0 spiro atoms. The van der Waals surface area contributed by atoms with E-state index >= 15 is 0 Å². The molecule has 3 saturated carbocycles. The van der Waals surface area contributed by atoms with Crippen LogP contribution in [0.1, 0.15) is 65.2 Å². The summed E-state index contributed by atoms with van der Waals surface area (Å²) in [6, 6.07) is 0. The molecule has 3 heteroatoms. The maximum absolute atomic E-state index is 12.3. The standard InChI is InChI=1S/C21H29ClO2/c1-20-9-7-14(23)11-13(20)3-4-15-16-5-6-18(19(24)12-22)21(16,2)10-8-17(15)20/h6,13,15-17H,3-5,7-12H2,1-2H3/t13?,15-,16-,17-,20-,21-/m0/s1. The summed E-state index contributed by atoms with van der Waals surface area (Å²) in [6.07, 6.45) is 10.7. The monoisotopic (exact) mass is 348 g/mol. The van der Waals surface area contributed by atoms with E-state index in [2.05, 4.69) is 19.9 Å². The molecule has 4 aliphatic carbocycles. The van der Waals surface area contributed by atoms with Crippen LogP contribution in [0.15, 0.2) is 11.6 Å². The van der Waals surface area contributed by atoms with Crippen molar-refractivity contribution in [3.05, 3.63) is 11.6 Å². The number of hydrogen-bond donors (Lipinski definition) is 0. The smallest absolute Gasteiger partial charge is 0.173 e. The van der Waals surface area contributed by atoms with E-state index in [1.165, 1.54) is 19.3 Å². The third-order valence-corrected chi connectivity index (χ3v) is 8.73. The lowest BCUT2D eigenvalue weighted by atomic mass is 9.44. The van der Waals surface area contributed by atoms with Gasteiger partial charge >= 0.3 is 0 Å². The van der Waals surface area contributed by atoms with E-state index in [0.29, 0.717) is 23.0 Å². The first kappa shape index (κ1) is 16.8. The molecule has 4 rings (SSSR count). The first-order valence-electron chi connectivity index (χ1n) is 9.71. The van der Waals surface area contributed by atoms with E-state index < -0.39 is 0 Å². The number of allylic oxidation sites excluding steroid dienone is 2. The summed E-state index contributed by atoms with van der Waals surface area (Å²) in [4.78, 5) is 24.3. The van der Waals surface area contributed by atoms with Crippen LogP contribution in [-0.4, -0.2) is 17.4 Å². The van der Waals surface area contributed by atoms with Gasteiger partial charge in [0.05, 0.1) is 5.88 Å². The minimum absolute atomic E-state index is 0.0425. The van der Waals surface area contributed by atoms with Crippen LogP contribution in [-0.2, 0) is 9.59 Å². The molecule has 2 nitrogen and oxygen atoms in total. The summed E-state index contributed by atoms with van der Waals surface area (Å²) < 4.78 is 0. The third-order valence-electron chi connectivity index (χ3n) is 8.48. The van der Waals surface area contributed by atoms with Gasteiger partial charge in [-0.1, -0.05) is 19.9 Å². The predicted octanol–water partition coefficient (Wildman–Crippen LogP) is 4.94. The minimum Gasteiger partial charge on any atom is -0.300 e. The summed E-state index contributed by atoms with van der Waals surface area (Å²) in [5.74, 6) is 3.40. The fourth-order valence-corrected chi connectivity index (χ4v) is 7.26. The Kier molecular flexibility index (Phi) is 3.99. The second-order valence-corrected chi connectivity index (χ2v) is 9.53. The van der Waals surface area contributed by atoms with Gasteiger partial charge in [0.1, 0.15) is 5.78 Å². The lowest BCUT2D eigenvalue weighted by Crippen LogP contribution is -2.53. The van der Waals surface area contributed by atoms with Crippen molar-refractivity contribution in [2.24, 2.45) is 34.5 Å². The molecule has 0 amide bonds. The molecule has 0 radical (unpaired) electrons. The average Bonchev–Trinajstić information content (AvgIpc) is 2.92. The van der Waals surface area contributed by atoms with E-state index in [4.69, 9.17) is 11.6 Å². The van der Waals surface area contributed by atoms with E-state index in [-0.39, 0.29) is 17.1 Å². The van der Waals surface area contributed by atoms with Crippen molar-refractivity contribution in [3.8, 4) is 0 Å². The van der Waals surface area contributed by atoms with Crippen LogP contribution in [0.2, 0.25) is 0 Å². The Morgan fingerprint density at radius 1 is 1.21 bits per heavy atom. The fraction of sp³-hybridized carbons (Fsp3) is 0.810. The first-order valence-corrected chi connectivity index (χ1v) is 10.2. The van der Waals surface area contributed by atoms with E-state index in [0.717, 1.165) is 49.5 Å². The van der Waals surface area contributed by atoms with Crippen molar-refractivity contribution >= 4 is 23.2 Å². The summed E-state index contributed by atoms with van der Waals surface area (Å²) >= 11 is 5.87. The molecule has 4 aliphatic rings. The van der Waals surface area contributed by atoms with Crippen LogP contribution in [0.5, 0.6) is 0 Å². The number of ketones is 2. The van der Waals surface area contributed by atoms with Crippen LogP contribution >= 0.6 is 11.6 Å². The SMILES string of the molecule is C[C@]12CCC(=O)CC1CC[C@@H]1[C@@H]2CC[C@]2(C)C(C(=O)CCl)=CC[C@@H]12. The first-order chi connectivity index (χ1) is 11.4. The van der Waals surface area contributed by atoms with Crippen molar-refractivity contribution in [2.45, 2.75) is 65.2 Å². The summed E-state index contributed by atoms with van der Waals surface area (Å²) in [7, 11) is 0. The Balaban J connectivity index is 1.62. The number of rotatable bonds is 2. The molecular formula is C21H29ClO2.